The van der Waals surface area contributed by atoms with Gasteiger partial charge in [0.25, 0.3) is 0 Å². The zero-order valence-corrected chi connectivity index (χ0v) is 14.2. The minimum absolute atomic E-state index is 0.420. The molecule has 0 saturated heterocycles. The molecule has 0 amide bonds. The number of carbonyl (C=O) groups is 1. The van der Waals surface area contributed by atoms with E-state index in [1.165, 1.54) is 0 Å². The highest BCUT2D eigenvalue weighted by Gasteiger charge is 2.14. The van der Waals surface area contributed by atoms with E-state index in [-0.39, 0.29) is 0 Å². The SMILES string of the molecule is CCOc1ccccc1C(=O)Oc1ccc2c(Br)cccc2c1. The molecule has 4 heteroatoms. The summed E-state index contributed by atoms with van der Waals surface area (Å²) >= 11 is 3.51. The molecule has 0 atom stereocenters. The molecule has 23 heavy (non-hydrogen) atoms. The Hall–Kier alpha value is -2.33. The summed E-state index contributed by atoms with van der Waals surface area (Å²) in [5.74, 6) is 0.610. The molecule has 116 valence electrons. The van der Waals surface area contributed by atoms with Crippen LogP contribution >= 0.6 is 15.9 Å². The third-order valence-corrected chi connectivity index (χ3v) is 4.11. The van der Waals surface area contributed by atoms with E-state index in [9.17, 15) is 4.79 Å². The Morgan fingerprint density at radius 2 is 1.87 bits per heavy atom. The second-order valence-corrected chi connectivity index (χ2v) is 5.80. The third-order valence-electron chi connectivity index (χ3n) is 3.42. The molecule has 0 aliphatic carbocycles. The normalized spacial score (nSPS) is 10.5. The second kappa shape index (κ2) is 6.84. The molecule has 0 spiro atoms. The lowest BCUT2D eigenvalue weighted by Crippen LogP contribution is -2.10. The fourth-order valence-electron chi connectivity index (χ4n) is 2.36. The van der Waals surface area contributed by atoms with Gasteiger partial charge in [-0.1, -0.05) is 40.2 Å². The van der Waals surface area contributed by atoms with Gasteiger partial charge in [0.2, 0.25) is 0 Å². The van der Waals surface area contributed by atoms with Crippen LogP contribution in [0.1, 0.15) is 17.3 Å². The van der Waals surface area contributed by atoms with Crippen molar-refractivity contribution in [3.8, 4) is 11.5 Å². The number of fused-ring (bicyclic) bond motifs is 1. The maximum absolute atomic E-state index is 12.4. The van der Waals surface area contributed by atoms with Gasteiger partial charge in [0.1, 0.15) is 17.1 Å². The van der Waals surface area contributed by atoms with Gasteiger partial charge < -0.3 is 9.47 Å². The van der Waals surface area contributed by atoms with Crippen molar-refractivity contribution in [1.82, 2.24) is 0 Å². The van der Waals surface area contributed by atoms with Crippen molar-refractivity contribution in [2.45, 2.75) is 6.92 Å². The van der Waals surface area contributed by atoms with Crippen LogP contribution < -0.4 is 9.47 Å². The van der Waals surface area contributed by atoms with Crippen LogP contribution in [0.15, 0.2) is 65.1 Å². The first-order valence-corrected chi connectivity index (χ1v) is 8.10. The first-order chi connectivity index (χ1) is 11.2. The largest absolute Gasteiger partial charge is 0.493 e. The summed E-state index contributed by atoms with van der Waals surface area (Å²) in [6.45, 7) is 2.37. The van der Waals surface area contributed by atoms with Crippen molar-refractivity contribution >= 4 is 32.7 Å². The molecule has 3 nitrogen and oxygen atoms in total. The Labute approximate surface area is 143 Å². The molecular weight excluding hydrogens is 356 g/mol. The van der Waals surface area contributed by atoms with Gasteiger partial charge >= 0.3 is 5.97 Å². The van der Waals surface area contributed by atoms with E-state index in [4.69, 9.17) is 9.47 Å². The maximum Gasteiger partial charge on any atom is 0.347 e. The predicted octanol–water partition coefficient (Wildman–Crippen LogP) is 5.22. The Balaban J connectivity index is 1.88. The Bertz CT molecular complexity index is 858. The maximum atomic E-state index is 12.4. The van der Waals surface area contributed by atoms with Crippen molar-refractivity contribution < 1.29 is 14.3 Å². The van der Waals surface area contributed by atoms with Crippen LogP contribution in [0.4, 0.5) is 0 Å². The zero-order valence-electron chi connectivity index (χ0n) is 12.6. The van der Waals surface area contributed by atoms with E-state index in [0.717, 1.165) is 15.2 Å². The van der Waals surface area contributed by atoms with Gasteiger partial charge in [-0.15, -0.1) is 0 Å². The Morgan fingerprint density at radius 1 is 1.04 bits per heavy atom. The molecule has 0 saturated carbocycles. The average molecular weight is 371 g/mol. The summed E-state index contributed by atoms with van der Waals surface area (Å²) < 4.78 is 12.0. The molecule has 0 aliphatic rings. The standard InChI is InChI=1S/C19H15BrO3/c1-2-22-18-9-4-3-7-16(18)19(21)23-14-10-11-15-13(12-14)6-5-8-17(15)20/h3-12H,2H2,1H3. The van der Waals surface area contributed by atoms with Crippen LogP contribution in [0.2, 0.25) is 0 Å². The number of rotatable bonds is 4. The molecule has 3 rings (SSSR count). The molecule has 3 aromatic rings. The van der Waals surface area contributed by atoms with Crippen molar-refractivity contribution in [3.05, 3.63) is 70.7 Å². The highest BCUT2D eigenvalue weighted by Crippen LogP contribution is 2.28. The number of para-hydroxylation sites is 1. The molecule has 0 unspecified atom stereocenters. The van der Waals surface area contributed by atoms with E-state index < -0.39 is 5.97 Å². The summed E-state index contributed by atoms with van der Waals surface area (Å²) in [4.78, 5) is 12.4. The molecule has 0 aromatic heterocycles. The summed E-state index contributed by atoms with van der Waals surface area (Å²) in [6, 6.07) is 18.5. The van der Waals surface area contributed by atoms with Crippen molar-refractivity contribution in [2.24, 2.45) is 0 Å². The van der Waals surface area contributed by atoms with Crippen LogP contribution in [0.3, 0.4) is 0 Å². The quantitative estimate of drug-likeness (QED) is 0.466. The van der Waals surface area contributed by atoms with E-state index in [2.05, 4.69) is 15.9 Å². The van der Waals surface area contributed by atoms with Gasteiger partial charge in [-0.25, -0.2) is 4.79 Å². The van der Waals surface area contributed by atoms with Crippen molar-refractivity contribution in [3.63, 3.8) is 0 Å². The van der Waals surface area contributed by atoms with E-state index in [1.54, 1.807) is 24.3 Å². The monoisotopic (exact) mass is 370 g/mol. The predicted molar refractivity (Wildman–Crippen MR) is 94.2 cm³/mol. The summed E-state index contributed by atoms with van der Waals surface area (Å²) in [7, 11) is 0. The topological polar surface area (TPSA) is 35.5 Å². The third kappa shape index (κ3) is 3.37. The second-order valence-electron chi connectivity index (χ2n) is 4.94. The number of halogens is 1. The number of ether oxygens (including phenoxy) is 2. The molecule has 0 fully saturated rings. The molecule has 0 heterocycles. The smallest absolute Gasteiger partial charge is 0.347 e. The average Bonchev–Trinajstić information content (AvgIpc) is 2.56. The zero-order chi connectivity index (χ0) is 16.2. The lowest BCUT2D eigenvalue weighted by atomic mass is 10.1. The van der Waals surface area contributed by atoms with Gasteiger partial charge in [-0.2, -0.15) is 0 Å². The highest BCUT2D eigenvalue weighted by atomic mass is 79.9. The van der Waals surface area contributed by atoms with Crippen LogP contribution in [0, 0.1) is 0 Å². The summed E-state index contributed by atoms with van der Waals surface area (Å²) in [5, 5.41) is 2.07. The van der Waals surface area contributed by atoms with E-state index in [0.29, 0.717) is 23.7 Å². The fourth-order valence-corrected chi connectivity index (χ4v) is 2.88. The van der Waals surface area contributed by atoms with Crippen LogP contribution in [-0.4, -0.2) is 12.6 Å². The van der Waals surface area contributed by atoms with E-state index in [1.807, 2.05) is 43.3 Å². The van der Waals surface area contributed by atoms with Gasteiger partial charge in [0.15, 0.2) is 0 Å². The summed E-state index contributed by atoms with van der Waals surface area (Å²) in [6.07, 6.45) is 0. The molecule has 0 bridgehead atoms. The molecule has 0 radical (unpaired) electrons. The van der Waals surface area contributed by atoms with Crippen LogP contribution in [0.25, 0.3) is 10.8 Å². The molecular formula is C19H15BrO3. The van der Waals surface area contributed by atoms with Gasteiger partial charge in [-0.3, -0.25) is 0 Å². The van der Waals surface area contributed by atoms with Crippen molar-refractivity contribution in [1.29, 1.82) is 0 Å². The molecule has 0 aliphatic heterocycles. The first-order valence-electron chi connectivity index (χ1n) is 7.31. The minimum Gasteiger partial charge on any atom is -0.493 e. The van der Waals surface area contributed by atoms with Crippen LogP contribution in [-0.2, 0) is 0 Å². The summed E-state index contributed by atoms with van der Waals surface area (Å²) in [5.41, 5.74) is 0.420. The number of carbonyl (C=O) groups excluding carboxylic acids is 1. The number of hydrogen-bond acceptors (Lipinski definition) is 3. The Kier molecular flexibility index (Phi) is 4.63. The van der Waals surface area contributed by atoms with E-state index >= 15 is 0 Å². The molecule has 0 N–H and O–H groups in total. The highest BCUT2D eigenvalue weighted by molar-refractivity contribution is 9.10. The van der Waals surface area contributed by atoms with Gasteiger partial charge in [0, 0.05) is 4.47 Å². The van der Waals surface area contributed by atoms with Crippen LogP contribution in [0.5, 0.6) is 11.5 Å². The Morgan fingerprint density at radius 3 is 2.70 bits per heavy atom. The van der Waals surface area contributed by atoms with Crippen molar-refractivity contribution in [2.75, 3.05) is 6.61 Å². The lowest BCUT2D eigenvalue weighted by molar-refractivity contribution is 0.0731. The molecule has 3 aromatic carbocycles. The first kappa shape index (κ1) is 15.6. The van der Waals surface area contributed by atoms with Gasteiger partial charge in [-0.05, 0) is 54.1 Å². The number of esters is 1. The number of benzene rings is 3. The van der Waals surface area contributed by atoms with Gasteiger partial charge in [0.05, 0.1) is 6.61 Å². The fraction of sp³-hybridized carbons (Fsp3) is 0.105. The lowest BCUT2D eigenvalue weighted by Gasteiger charge is -2.10. The minimum atomic E-state index is -0.427. The number of hydrogen-bond donors (Lipinski definition) is 0.